The highest BCUT2D eigenvalue weighted by Gasteiger charge is 2.27. The summed E-state index contributed by atoms with van der Waals surface area (Å²) in [6.45, 7) is 5.55. The van der Waals surface area contributed by atoms with Crippen molar-refractivity contribution >= 4 is 18.3 Å². The molecule has 0 aliphatic carbocycles. The van der Waals surface area contributed by atoms with Gasteiger partial charge in [-0.05, 0) is 24.1 Å². The molecule has 1 atom stereocenters. The SMILES string of the molecule is COc1ccccc1C1CNCCN1CC(=O)NCc1ccccc1C.Cl. The summed E-state index contributed by atoms with van der Waals surface area (Å²) in [6.07, 6.45) is 0. The number of hydrogen-bond donors (Lipinski definition) is 2. The Hall–Kier alpha value is -2.08. The van der Waals surface area contributed by atoms with Crippen LogP contribution in [0.4, 0.5) is 0 Å². The van der Waals surface area contributed by atoms with E-state index in [-0.39, 0.29) is 24.4 Å². The van der Waals surface area contributed by atoms with Crippen LogP contribution in [0.2, 0.25) is 0 Å². The minimum Gasteiger partial charge on any atom is -0.496 e. The Morgan fingerprint density at radius 1 is 1.22 bits per heavy atom. The van der Waals surface area contributed by atoms with Gasteiger partial charge in [0.15, 0.2) is 0 Å². The van der Waals surface area contributed by atoms with Crippen LogP contribution in [0.25, 0.3) is 0 Å². The van der Waals surface area contributed by atoms with Crippen LogP contribution in [-0.4, -0.2) is 44.1 Å². The first kappa shape index (κ1) is 21.2. The number of ether oxygens (including phenoxy) is 1. The Labute approximate surface area is 167 Å². The number of benzene rings is 2. The van der Waals surface area contributed by atoms with Crippen molar-refractivity contribution in [2.24, 2.45) is 0 Å². The van der Waals surface area contributed by atoms with E-state index in [2.05, 4.69) is 40.7 Å². The number of nitrogens with zero attached hydrogens (tertiary/aromatic N) is 1. The van der Waals surface area contributed by atoms with Gasteiger partial charge in [-0.1, -0.05) is 42.5 Å². The van der Waals surface area contributed by atoms with E-state index in [1.807, 2.05) is 30.3 Å². The number of piperazine rings is 1. The van der Waals surface area contributed by atoms with Gasteiger partial charge < -0.3 is 15.4 Å². The van der Waals surface area contributed by atoms with Gasteiger partial charge in [0, 0.05) is 31.7 Å². The monoisotopic (exact) mass is 389 g/mol. The van der Waals surface area contributed by atoms with Crippen LogP contribution in [0.1, 0.15) is 22.7 Å². The number of halogens is 1. The van der Waals surface area contributed by atoms with Gasteiger partial charge in [0.2, 0.25) is 5.91 Å². The Kier molecular flexibility index (Phi) is 8.10. The number of nitrogens with one attached hydrogen (secondary N) is 2. The number of methoxy groups -OCH3 is 1. The summed E-state index contributed by atoms with van der Waals surface area (Å²) in [7, 11) is 1.69. The Bertz CT molecular complexity index is 754. The van der Waals surface area contributed by atoms with E-state index < -0.39 is 0 Å². The summed E-state index contributed by atoms with van der Waals surface area (Å²) in [5.74, 6) is 0.918. The molecule has 1 saturated heterocycles. The molecule has 3 rings (SSSR count). The van der Waals surface area contributed by atoms with Crippen LogP contribution in [0, 0.1) is 6.92 Å². The number of hydrogen-bond acceptors (Lipinski definition) is 4. The molecule has 146 valence electrons. The first-order valence-electron chi connectivity index (χ1n) is 9.08. The average molecular weight is 390 g/mol. The number of amides is 1. The Balaban J connectivity index is 0.00000261. The molecule has 0 radical (unpaired) electrons. The lowest BCUT2D eigenvalue weighted by molar-refractivity contribution is -0.123. The van der Waals surface area contributed by atoms with Crippen molar-refractivity contribution in [2.45, 2.75) is 19.5 Å². The van der Waals surface area contributed by atoms with Crippen LogP contribution in [0.15, 0.2) is 48.5 Å². The van der Waals surface area contributed by atoms with Gasteiger partial charge in [-0.2, -0.15) is 0 Å². The first-order valence-corrected chi connectivity index (χ1v) is 9.08. The van der Waals surface area contributed by atoms with Crippen molar-refractivity contribution in [3.63, 3.8) is 0 Å². The normalized spacial score (nSPS) is 17.0. The highest BCUT2D eigenvalue weighted by atomic mass is 35.5. The van der Waals surface area contributed by atoms with E-state index in [1.54, 1.807) is 7.11 Å². The molecule has 2 aromatic carbocycles. The van der Waals surface area contributed by atoms with Crippen molar-refractivity contribution in [3.8, 4) is 5.75 Å². The Morgan fingerprint density at radius 3 is 2.74 bits per heavy atom. The molecule has 0 saturated carbocycles. The van der Waals surface area contributed by atoms with Gasteiger partial charge in [0.1, 0.15) is 5.75 Å². The van der Waals surface area contributed by atoms with Gasteiger partial charge >= 0.3 is 0 Å². The first-order chi connectivity index (χ1) is 12.7. The lowest BCUT2D eigenvalue weighted by atomic mass is 10.0. The van der Waals surface area contributed by atoms with Crippen LogP contribution >= 0.6 is 12.4 Å². The summed E-state index contributed by atoms with van der Waals surface area (Å²) in [5.41, 5.74) is 3.47. The molecule has 1 fully saturated rings. The zero-order chi connectivity index (χ0) is 18.4. The topological polar surface area (TPSA) is 53.6 Å². The van der Waals surface area contributed by atoms with Crippen molar-refractivity contribution in [1.29, 1.82) is 0 Å². The van der Waals surface area contributed by atoms with Gasteiger partial charge in [-0.15, -0.1) is 12.4 Å². The summed E-state index contributed by atoms with van der Waals surface area (Å²) in [5, 5.41) is 6.48. The number of carbonyl (C=O) groups excluding carboxylic acids is 1. The molecule has 6 heteroatoms. The molecule has 1 heterocycles. The third-order valence-electron chi connectivity index (χ3n) is 4.94. The van der Waals surface area contributed by atoms with Crippen molar-refractivity contribution < 1.29 is 9.53 Å². The van der Waals surface area contributed by atoms with Crippen LogP contribution in [-0.2, 0) is 11.3 Å². The molecule has 1 aliphatic heterocycles. The number of para-hydroxylation sites is 1. The molecule has 1 aliphatic rings. The third kappa shape index (κ3) is 5.45. The van der Waals surface area contributed by atoms with Crippen molar-refractivity contribution in [1.82, 2.24) is 15.5 Å². The van der Waals surface area contributed by atoms with Gasteiger partial charge in [0.25, 0.3) is 0 Å². The van der Waals surface area contributed by atoms with Gasteiger partial charge in [-0.25, -0.2) is 0 Å². The third-order valence-corrected chi connectivity index (χ3v) is 4.94. The zero-order valence-electron chi connectivity index (χ0n) is 15.9. The quantitative estimate of drug-likeness (QED) is 0.797. The van der Waals surface area contributed by atoms with Crippen molar-refractivity contribution in [3.05, 3.63) is 65.2 Å². The Morgan fingerprint density at radius 2 is 1.96 bits per heavy atom. The zero-order valence-corrected chi connectivity index (χ0v) is 16.7. The van der Waals surface area contributed by atoms with E-state index in [4.69, 9.17) is 4.74 Å². The van der Waals surface area contributed by atoms with Gasteiger partial charge in [-0.3, -0.25) is 9.69 Å². The smallest absolute Gasteiger partial charge is 0.234 e. The molecule has 0 bridgehead atoms. The fraction of sp³-hybridized carbons (Fsp3) is 0.381. The molecule has 1 unspecified atom stereocenters. The van der Waals surface area contributed by atoms with E-state index >= 15 is 0 Å². The average Bonchev–Trinajstić information content (AvgIpc) is 2.68. The van der Waals surface area contributed by atoms with Gasteiger partial charge in [0.05, 0.1) is 19.7 Å². The maximum Gasteiger partial charge on any atom is 0.234 e. The number of carbonyl (C=O) groups is 1. The molecule has 2 aromatic rings. The van der Waals surface area contributed by atoms with E-state index in [1.165, 1.54) is 5.56 Å². The molecular weight excluding hydrogens is 362 g/mol. The molecule has 0 spiro atoms. The van der Waals surface area contributed by atoms with E-state index in [0.29, 0.717) is 13.1 Å². The summed E-state index contributed by atoms with van der Waals surface area (Å²) < 4.78 is 5.52. The van der Waals surface area contributed by atoms with E-state index in [9.17, 15) is 4.79 Å². The predicted octanol–water partition coefficient (Wildman–Crippen LogP) is 2.69. The van der Waals surface area contributed by atoms with E-state index in [0.717, 1.165) is 36.5 Å². The molecule has 27 heavy (non-hydrogen) atoms. The lowest BCUT2D eigenvalue weighted by Gasteiger charge is -2.36. The molecule has 1 amide bonds. The maximum atomic E-state index is 12.5. The predicted molar refractivity (Wildman–Crippen MR) is 110 cm³/mol. The summed E-state index contributed by atoms with van der Waals surface area (Å²) >= 11 is 0. The molecular formula is C21H28ClN3O2. The lowest BCUT2D eigenvalue weighted by Crippen LogP contribution is -2.49. The highest BCUT2D eigenvalue weighted by molar-refractivity contribution is 5.85. The van der Waals surface area contributed by atoms with Crippen LogP contribution < -0.4 is 15.4 Å². The summed E-state index contributed by atoms with van der Waals surface area (Å²) in [4.78, 5) is 14.7. The fourth-order valence-electron chi connectivity index (χ4n) is 3.43. The molecule has 0 aromatic heterocycles. The van der Waals surface area contributed by atoms with Crippen LogP contribution in [0.5, 0.6) is 5.75 Å². The fourth-order valence-corrected chi connectivity index (χ4v) is 3.43. The second-order valence-electron chi connectivity index (χ2n) is 6.64. The molecule has 2 N–H and O–H groups in total. The molecule has 5 nitrogen and oxygen atoms in total. The second kappa shape index (κ2) is 10.3. The maximum absolute atomic E-state index is 12.5. The second-order valence-corrected chi connectivity index (χ2v) is 6.64. The summed E-state index contributed by atoms with van der Waals surface area (Å²) in [6, 6.07) is 16.3. The standard InChI is InChI=1S/C21H27N3O2.ClH/c1-16-7-3-4-8-17(16)13-23-21(25)15-24-12-11-22-14-19(24)18-9-5-6-10-20(18)26-2;/h3-10,19,22H,11-15H2,1-2H3,(H,23,25);1H. The number of aryl methyl sites for hydroxylation is 1. The van der Waals surface area contributed by atoms with Crippen LogP contribution in [0.3, 0.4) is 0 Å². The number of rotatable bonds is 6. The minimum atomic E-state index is 0. The highest BCUT2D eigenvalue weighted by Crippen LogP contribution is 2.29. The largest absolute Gasteiger partial charge is 0.496 e. The van der Waals surface area contributed by atoms with Crippen molar-refractivity contribution in [2.75, 3.05) is 33.3 Å². The minimum absolute atomic E-state index is 0.